The number of aliphatic hydroxyl groups excluding tert-OH is 1. The molecule has 1 nitrogen and oxygen atoms in total. The van der Waals surface area contributed by atoms with Gasteiger partial charge in [0.15, 0.2) is 0 Å². The molecule has 0 aliphatic carbocycles. The van der Waals surface area contributed by atoms with Crippen molar-refractivity contribution in [1.29, 1.82) is 0 Å². The van der Waals surface area contributed by atoms with Gasteiger partial charge in [0, 0.05) is 0 Å². The molecule has 1 N–H and O–H groups in total. The second-order valence-electron chi connectivity index (χ2n) is 2.99. The Bertz CT molecular complexity index is 289. The zero-order chi connectivity index (χ0) is 10.2. The summed E-state index contributed by atoms with van der Waals surface area (Å²) >= 11 is 0.523. The molecule has 0 amide bonds. The summed E-state index contributed by atoms with van der Waals surface area (Å²) < 4.78 is 1.41. The average Bonchev–Trinajstić information content (AvgIpc) is 2.25. The van der Waals surface area contributed by atoms with Crippen molar-refractivity contribution in [3.8, 4) is 12.3 Å². The fourth-order valence-corrected chi connectivity index (χ4v) is 2.95. The summed E-state index contributed by atoms with van der Waals surface area (Å²) in [6.07, 6.45) is 6.26. The maximum atomic E-state index is 9.13. The fraction of sp³-hybridized carbons (Fsp3) is 0.333. The van der Waals surface area contributed by atoms with Crippen LogP contribution >= 0.6 is 0 Å². The van der Waals surface area contributed by atoms with Crippen LogP contribution in [0.15, 0.2) is 30.3 Å². The zero-order valence-corrected chi connectivity index (χ0v) is 9.73. The molecule has 1 aromatic rings. The van der Waals surface area contributed by atoms with E-state index in [1.807, 2.05) is 6.07 Å². The maximum absolute atomic E-state index is 9.13. The molecule has 14 heavy (non-hydrogen) atoms. The van der Waals surface area contributed by atoms with Crippen LogP contribution in [-0.4, -0.2) is 26.2 Å². The molecule has 1 aromatic carbocycles. The second-order valence-corrected chi connectivity index (χ2v) is 5.44. The molecule has 1 rings (SSSR count). The first kappa shape index (κ1) is 11.3. The van der Waals surface area contributed by atoms with Gasteiger partial charge >= 0.3 is 91.5 Å². The van der Waals surface area contributed by atoms with Crippen LogP contribution in [0.5, 0.6) is 0 Å². The summed E-state index contributed by atoms with van der Waals surface area (Å²) in [5.74, 6) is 2.33. The number of benzene rings is 1. The number of rotatable bonds is 5. The van der Waals surface area contributed by atoms with E-state index in [9.17, 15) is 0 Å². The summed E-state index contributed by atoms with van der Waals surface area (Å²) in [7, 11) is 0. The number of aliphatic hydroxyl groups is 1. The first-order valence-corrected chi connectivity index (χ1v) is 6.72. The van der Waals surface area contributed by atoms with Crippen molar-refractivity contribution < 1.29 is 5.11 Å². The molecule has 0 radical (unpaired) electrons. The van der Waals surface area contributed by atoms with E-state index in [0.717, 1.165) is 18.2 Å². The number of terminal acetylenes is 1. The SMILES string of the molecule is C#CC(O)CCC[Se]c1ccccc1. The van der Waals surface area contributed by atoms with Crippen molar-refractivity contribution in [2.24, 2.45) is 0 Å². The summed E-state index contributed by atoms with van der Waals surface area (Å²) in [6, 6.07) is 10.5. The van der Waals surface area contributed by atoms with Gasteiger partial charge in [0.05, 0.1) is 0 Å². The molecule has 0 aromatic heterocycles. The Morgan fingerprint density at radius 3 is 2.71 bits per heavy atom. The van der Waals surface area contributed by atoms with Gasteiger partial charge in [0.25, 0.3) is 0 Å². The first-order chi connectivity index (χ1) is 6.83. The van der Waals surface area contributed by atoms with E-state index >= 15 is 0 Å². The number of hydrogen-bond donors (Lipinski definition) is 1. The standard InChI is InChI=1S/C12H14OSe/c1-2-11(13)7-6-10-14-12-8-4-3-5-9-12/h1,3-5,8-9,11,13H,6-7,10H2. The molecule has 74 valence electrons. The van der Waals surface area contributed by atoms with Crippen LogP contribution in [-0.2, 0) is 0 Å². The zero-order valence-electron chi connectivity index (χ0n) is 8.02. The minimum absolute atomic E-state index is 0.523. The van der Waals surface area contributed by atoms with Gasteiger partial charge in [-0.2, -0.15) is 0 Å². The van der Waals surface area contributed by atoms with Gasteiger partial charge in [-0.15, -0.1) is 0 Å². The van der Waals surface area contributed by atoms with Gasteiger partial charge in [-0.25, -0.2) is 0 Å². The van der Waals surface area contributed by atoms with E-state index in [1.54, 1.807) is 0 Å². The monoisotopic (exact) mass is 254 g/mol. The quantitative estimate of drug-likeness (QED) is 0.475. The second kappa shape index (κ2) is 6.67. The van der Waals surface area contributed by atoms with E-state index in [4.69, 9.17) is 11.5 Å². The molecule has 0 aliphatic rings. The molecule has 0 bridgehead atoms. The molecule has 1 atom stereocenters. The first-order valence-electron chi connectivity index (χ1n) is 4.65. The van der Waals surface area contributed by atoms with Crippen LogP contribution in [0.2, 0.25) is 5.32 Å². The fourth-order valence-electron chi connectivity index (χ4n) is 1.07. The third-order valence-corrected chi connectivity index (χ3v) is 4.13. The molecule has 0 spiro atoms. The van der Waals surface area contributed by atoms with Crippen LogP contribution < -0.4 is 4.46 Å². The number of hydrogen-bond acceptors (Lipinski definition) is 1. The van der Waals surface area contributed by atoms with E-state index in [-0.39, 0.29) is 0 Å². The van der Waals surface area contributed by atoms with Crippen LogP contribution in [0.1, 0.15) is 12.8 Å². The van der Waals surface area contributed by atoms with Crippen molar-refractivity contribution in [2.45, 2.75) is 24.3 Å². The normalized spacial score (nSPS) is 12.0. The van der Waals surface area contributed by atoms with E-state index in [1.165, 1.54) is 4.46 Å². The van der Waals surface area contributed by atoms with Crippen LogP contribution in [0.3, 0.4) is 0 Å². The predicted octanol–water partition coefficient (Wildman–Crippen LogP) is 1.21. The molecule has 1 unspecified atom stereocenters. The summed E-state index contributed by atoms with van der Waals surface area (Å²) in [5.41, 5.74) is 0. The predicted molar refractivity (Wildman–Crippen MR) is 60.7 cm³/mol. The third-order valence-electron chi connectivity index (χ3n) is 1.83. The molecule has 0 fully saturated rings. The van der Waals surface area contributed by atoms with Crippen LogP contribution in [0.4, 0.5) is 0 Å². The molecule has 0 saturated heterocycles. The van der Waals surface area contributed by atoms with Crippen molar-refractivity contribution in [3.63, 3.8) is 0 Å². The van der Waals surface area contributed by atoms with Gasteiger partial charge in [-0.1, -0.05) is 0 Å². The Labute approximate surface area is 91.7 Å². The third kappa shape index (κ3) is 4.48. The molecule has 2 heteroatoms. The minimum atomic E-state index is -0.554. The van der Waals surface area contributed by atoms with Crippen LogP contribution in [0.25, 0.3) is 0 Å². The molecular weight excluding hydrogens is 239 g/mol. The Balaban J connectivity index is 2.14. The summed E-state index contributed by atoms with van der Waals surface area (Å²) in [5, 5.41) is 10.3. The van der Waals surface area contributed by atoms with E-state index in [2.05, 4.69) is 30.2 Å². The van der Waals surface area contributed by atoms with Crippen molar-refractivity contribution in [3.05, 3.63) is 30.3 Å². The molecule has 0 aliphatic heterocycles. The van der Waals surface area contributed by atoms with Gasteiger partial charge < -0.3 is 0 Å². The van der Waals surface area contributed by atoms with Crippen molar-refractivity contribution >= 4 is 19.4 Å². The van der Waals surface area contributed by atoms with Gasteiger partial charge in [-0.05, 0) is 0 Å². The Morgan fingerprint density at radius 2 is 2.07 bits per heavy atom. The van der Waals surface area contributed by atoms with Gasteiger partial charge in [0.2, 0.25) is 0 Å². The van der Waals surface area contributed by atoms with Crippen LogP contribution in [0, 0.1) is 12.3 Å². The van der Waals surface area contributed by atoms with Crippen molar-refractivity contribution in [2.75, 3.05) is 0 Å². The summed E-state index contributed by atoms with van der Waals surface area (Å²) in [6.45, 7) is 0. The molecule has 0 heterocycles. The molecular formula is C12H14OSe. The average molecular weight is 253 g/mol. The Hall–Kier alpha value is -0.741. The Morgan fingerprint density at radius 1 is 1.36 bits per heavy atom. The van der Waals surface area contributed by atoms with Crippen molar-refractivity contribution in [1.82, 2.24) is 0 Å². The topological polar surface area (TPSA) is 20.2 Å². The molecule has 0 saturated carbocycles. The van der Waals surface area contributed by atoms with Gasteiger partial charge in [0.1, 0.15) is 0 Å². The van der Waals surface area contributed by atoms with E-state index in [0.29, 0.717) is 15.0 Å². The van der Waals surface area contributed by atoms with E-state index < -0.39 is 6.10 Å². The summed E-state index contributed by atoms with van der Waals surface area (Å²) in [4.78, 5) is 0. The Kier molecular flexibility index (Phi) is 5.40. The van der Waals surface area contributed by atoms with Gasteiger partial charge in [-0.3, -0.25) is 0 Å².